The summed E-state index contributed by atoms with van der Waals surface area (Å²) in [5, 5.41) is 4.45. The Kier molecular flexibility index (Phi) is 8.23. The molecule has 0 fully saturated rings. The van der Waals surface area contributed by atoms with Gasteiger partial charge in [-0.1, -0.05) is 35.0 Å². The summed E-state index contributed by atoms with van der Waals surface area (Å²) in [4.78, 5) is 20.6. The van der Waals surface area contributed by atoms with Gasteiger partial charge in [-0.3, -0.25) is 4.79 Å². The van der Waals surface area contributed by atoms with Crippen LogP contribution in [0.25, 0.3) is 22.5 Å². The van der Waals surface area contributed by atoms with Crippen molar-refractivity contribution in [3.63, 3.8) is 0 Å². The van der Waals surface area contributed by atoms with Gasteiger partial charge in [0.15, 0.2) is 5.16 Å². The summed E-state index contributed by atoms with van der Waals surface area (Å²) in [6.07, 6.45) is 0.292. The summed E-state index contributed by atoms with van der Waals surface area (Å²) >= 11 is 13.5. The quantitative estimate of drug-likeness (QED) is 0.225. The number of carbonyl (C=O) groups excluding carboxylic acids is 1. The molecule has 0 bridgehead atoms. The molecular weight excluding hydrogens is 505 g/mol. The lowest BCUT2D eigenvalue weighted by Gasteiger charge is -2.07. The van der Waals surface area contributed by atoms with Gasteiger partial charge in [0, 0.05) is 28.3 Å². The van der Waals surface area contributed by atoms with Gasteiger partial charge in [0.2, 0.25) is 5.91 Å². The number of ether oxygens (including phenoxy) is 2. The number of aromatic amines is 1. The van der Waals surface area contributed by atoms with Crippen LogP contribution in [0, 0.1) is 0 Å². The van der Waals surface area contributed by atoms with Crippen LogP contribution in [-0.4, -0.2) is 35.8 Å². The van der Waals surface area contributed by atoms with E-state index in [0.29, 0.717) is 27.9 Å². The zero-order chi connectivity index (χ0) is 24.8. The number of hydrogen-bond acceptors (Lipinski definition) is 5. The zero-order valence-electron chi connectivity index (χ0n) is 19.1. The van der Waals surface area contributed by atoms with E-state index in [4.69, 9.17) is 37.7 Å². The topological polar surface area (TPSA) is 76.2 Å². The van der Waals surface area contributed by atoms with Crippen LogP contribution in [0.4, 0.5) is 5.69 Å². The number of thioether (sulfide) groups is 1. The molecule has 0 unspecified atom stereocenters. The molecule has 4 aromatic rings. The molecule has 0 aliphatic heterocycles. The molecule has 35 heavy (non-hydrogen) atoms. The van der Waals surface area contributed by atoms with E-state index >= 15 is 0 Å². The summed E-state index contributed by atoms with van der Waals surface area (Å²) in [6, 6.07) is 20.5. The summed E-state index contributed by atoms with van der Waals surface area (Å²) in [5.74, 6) is 1.95. The highest BCUT2D eigenvalue weighted by atomic mass is 35.5. The molecule has 0 spiro atoms. The zero-order valence-corrected chi connectivity index (χ0v) is 21.4. The first-order chi connectivity index (χ1) is 17.0. The third-order valence-corrected chi connectivity index (χ3v) is 6.62. The Morgan fingerprint density at radius 1 is 0.943 bits per heavy atom. The van der Waals surface area contributed by atoms with Crippen molar-refractivity contribution in [3.05, 3.63) is 76.8 Å². The van der Waals surface area contributed by atoms with E-state index < -0.39 is 0 Å². The van der Waals surface area contributed by atoms with Gasteiger partial charge in [0.05, 0.1) is 36.3 Å². The van der Waals surface area contributed by atoms with Crippen molar-refractivity contribution in [2.45, 2.75) is 11.6 Å². The average molecular weight is 528 g/mol. The molecule has 2 N–H and O–H groups in total. The lowest BCUT2D eigenvalue weighted by molar-refractivity contribution is -0.115. The number of halogens is 2. The van der Waals surface area contributed by atoms with E-state index in [2.05, 4.69) is 10.3 Å². The van der Waals surface area contributed by atoms with Gasteiger partial charge in [0.25, 0.3) is 0 Å². The van der Waals surface area contributed by atoms with Crippen LogP contribution >= 0.6 is 35.0 Å². The van der Waals surface area contributed by atoms with Gasteiger partial charge < -0.3 is 19.8 Å². The van der Waals surface area contributed by atoms with Crippen molar-refractivity contribution in [1.82, 2.24) is 9.97 Å². The van der Waals surface area contributed by atoms with Crippen LogP contribution in [0.15, 0.2) is 71.9 Å². The summed E-state index contributed by atoms with van der Waals surface area (Å²) < 4.78 is 10.6. The molecule has 0 saturated heterocycles. The number of H-pyrrole nitrogens is 1. The number of benzene rings is 3. The molecule has 9 heteroatoms. The number of carbonyl (C=O) groups is 1. The molecular formula is C26H23Cl2N3O3S. The van der Waals surface area contributed by atoms with E-state index in [1.165, 1.54) is 11.8 Å². The molecule has 4 rings (SSSR count). The molecule has 1 aromatic heterocycles. The minimum Gasteiger partial charge on any atom is -0.497 e. The van der Waals surface area contributed by atoms with Gasteiger partial charge in [-0.25, -0.2) is 4.98 Å². The lowest BCUT2D eigenvalue weighted by atomic mass is 10.0. The summed E-state index contributed by atoms with van der Waals surface area (Å²) in [5.41, 5.74) is 4.17. The number of nitrogens with zero attached hydrogens (tertiary/aromatic N) is 1. The number of aromatic nitrogens is 2. The molecule has 0 aliphatic rings. The van der Waals surface area contributed by atoms with Crippen LogP contribution in [0.3, 0.4) is 0 Å². The molecule has 1 heterocycles. The van der Waals surface area contributed by atoms with Crippen molar-refractivity contribution >= 4 is 46.6 Å². The molecule has 0 aliphatic carbocycles. The molecule has 0 atom stereocenters. The summed E-state index contributed by atoms with van der Waals surface area (Å²) in [7, 11) is 3.28. The Morgan fingerprint density at radius 3 is 2.17 bits per heavy atom. The van der Waals surface area contributed by atoms with E-state index in [-0.39, 0.29) is 5.91 Å². The van der Waals surface area contributed by atoms with E-state index in [0.717, 1.165) is 39.2 Å². The van der Waals surface area contributed by atoms with Gasteiger partial charge in [0.1, 0.15) is 11.5 Å². The number of amides is 1. The van der Waals surface area contributed by atoms with E-state index in [1.807, 2.05) is 48.5 Å². The number of rotatable bonds is 9. The molecule has 0 saturated carbocycles. The molecule has 180 valence electrons. The Morgan fingerprint density at radius 2 is 1.57 bits per heavy atom. The number of anilines is 1. The highest BCUT2D eigenvalue weighted by molar-refractivity contribution is 7.99. The monoisotopic (exact) mass is 527 g/mol. The fourth-order valence-corrected chi connectivity index (χ4v) is 4.65. The second kappa shape index (κ2) is 11.5. The standard InChI is InChI=1S/C26H23Cl2N3O3S/c1-33-19-8-3-16(4-9-19)24-25(17-5-10-20(34-2)11-6-17)31-26(30-24)35-14-13-23(32)29-22-12-7-18(27)15-21(22)28/h3-12,15H,13-14H2,1-2H3,(H,29,32)(H,30,31). The minimum absolute atomic E-state index is 0.140. The highest BCUT2D eigenvalue weighted by Gasteiger charge is 2.16. The lowest BCUT2D eigenvalue weighted by Crippen LogP contribution is -2.12. The van der Waals surface area contributed by atoms with E-state index in [1.54, 1.807) is 32.4 Å². The Balaban J connectivity index is 1.50. The van der Waals surface area contributed by atoms with Crippen LogP contribution in [-0.2, 0) is 4.79 Å². The third kappa shape index (κ3) is 6.31. The van der Waals surface area contributed by atoms with Gasteiger partial charge >= 0.3 is 0 Å². The Hall–Kier alpha value is -3.13. The van der Waals surface area contributed by atoms with Crippen LogP contribution in [0.1, 0.15) is 6.42 Å². The van der Waals surface area contributed by atoms with E-state index in [9.17, 15) is 4.79 Å². The smallest absolute Gasteiger partial charge is 0.225 e. The predicted molar refractivity (Wildman–Crippen MR) is 143 cm³/mol. The second-order valence-electron chi connectivity index (χ2n) is 7.49. The van der Waals surface area contributed by atoms with Crippen molar-refractivity contribution in [2.24, 2.45) is 0 Å². The number of imidazole rings is 1. The van der Waals surface area contributed by atoms with Crippen molar-refractivity contribution in [3.8, 4) is 34.0 Å². The van der Waals surface area contributed by atoms with Gasteiger partial charge in [-0.15, -0.1) is 0 Å². The van der Waals surface area contributed by atoms with Crippen molar-refractivity contribution in [2.75, 3.05) is 25.3 Å². The van der Waals surface area contributed by atoms with Crippen LogP contribution in [0.2, 0.25) is 10.0 Å². The predicted octanol–water partition coefficient (Wildman–Crippen LogP) is 7.19. The SMILES string of the molecule is COc1ccc(-c2nc(SCCC(=O)Nc3ccc(Cl)cc3Cl)[nH]c2-c2ccc(OC)cc2)cc1. The van der Waals surface area contributed by atoms with Crippen molar-refractivity contribution < 1.29 is 14.3 Å². The van der Waals surface area contributed by atoms with Crippen molar-refractivity contribution in [1.29, 1.82) is 0 Å². The first-order valence-corrected chi connectivity index (χ1v) is 12.5. The first kappa shape index (κ1) is 25.0. The number of hydrogen-bond donors (Lipinski definition) is 2. The Labute approximate surface area is 218 Å². The maximum Gasteiger partial charge on any atom is 0.225 e. The largest absolute Gasteiger partial charge is 0.497 e. The first-order valence-electron chi connectivity index (χ1n) is 10.7. The molecule has 0 radical (unpaired) electrons. The van der Waals surface area contributed by atoms with Gasteiger partial charge in [-0.2, -0.15) is 0 Å². The molecule has 1 amide bonds. The number of methoxy groups -OCH3 is 2. The fourth-order valence-electron chi connectivity index (χ4n) is 3.39. The Bertz CT molecular complexity index is 1240. The average Bonchev–Trinajstić information content (AvgIpc) is 3.30. The van der Waals surface area contributed by atoms with Crippen LogP contribution < -0.4 is 14.8 Å². The number of nitrogens with one attached hydrogen (secondary N) is 2. The maximum absolute atomic E-state index is 12.4. The molecule has 3 aromatic carbocycles. The molecule has 6 nitrogen and oxygen atoms in total. The highest BCUT2D eigenvalue weighted by Crippen LogP contribution is 2.34. The fraction of sp³-hybridized carbons (Fsp3) is 0.154. The maximum atomic E-state index is 12.4. The van der Waals surface area contributed by atoms with Crippen LogP contribution in [0.5, 0.6) is 11.5 Å². The second-order valence-corrected chi connectivity index (χ2v) is 9.42. The third-order valence-electron chi connectivity index (χ3n) is 5.20. The minimum atomic E-state index is -0.140. The van der Waals surface area contributed by atoms with Gasteiger partial charge in [-0.05, 0) is 66.7 Å². The summed E-state index contributed by atoms with van der Waals surface area (Å²) in [6.45, 7) is 0. The normalized spacial score (nSPS) is 10.7.